The third-order valence-electron chi connectivity index (χ3n) is 3.35. The van der Waals surface area contributed by atoms with Crippen LogP contribution in [0.2, 0.25) is 0 Å². The summed E-state index contributed by atoms with van der Waals surface area (Å²) in [6.07, 6.45) is 3.84. The Bertz CT molecular complexity index is 448. The van der Waals surface area contributed by atoms with Gasteiger partial charge in [0.25, 0.3) is 5.69 Å². The lowest BCUT2D eigenvalue weighted by Crippen LogP contribution is -2.33. The fourth-order valence-corrected chi connectivity index (χ4v) is 2.70. The molecule has 1 saturated heterocycles. The van der Waals surface area contributed by atoms with E-state index in [2.05, 4.69) is 26.1 Å². The zero-order chi connectivity index (χ0) is 13.7. The van der Waals surface area contributed by atoms with Crippen molar-refractivity contribution in [3.05, 3.63) is 32.8 Å². The molecule has 0 atom stereocenters. The quantitative estimate of drug-likeness (QED) is 0.666. The van der Waals surface area contributed by atoms with Crippen molar-refractivity contribution in [3.63, 3.8) is 0 Å². The normalized spacial score (nSPS) is 16.3. The van der Waals surface area contributed by atoms with Crippen LogP contribution in [0.15, 0.2) is 22.7 Å². The molecule has 5 nitrogen and oxygen atoms in total. The number of halogens is 1. The Labute approximate surface area is 121 Å². The van der Waals surface area contributed by atoms with E-state index in [0.717, 1.165) is 30.7 Å². The predicted molar refractivity (Wildman–Crippen MR) is 79.6 cm³/mol. The highest BCUT2D eigenvalue weighted by atomic mass is 79.9. The zero-order valence-electron chi connectivity index (χ0n) is 10.8. The number of nitrogens with zero attached hydrogens (tertiary/aromatic N) is 2. The maximum Gasteiger partial charge on any atom is 0.292 e. The van der Waals surface area contributed by atoms with Crippen molar-refractivity contribution in [3.8, 4) is 0 Å². The largest absolute Gasteiger partial charge is 0.378 e. The van der Waals surface area contributed by atoms with Crippen molar-refractivity contribution < 1.29 is 4.92 Å². The molecule has 0 bridgehead atoms. The second-order valence-corrected chi connectivity index (χ2v) is 5.66. The lowest BCUT2D eigenvalue weighted by molar-refractivity contribution is -0.384. The van der Waals surface area contributed by atoms with Crippen LogP contribution in [0.3, 0.4) is 0 Å². The van der Waals surface area contributed by atoms with E-state index in [9.17, 15) is 10.1 Å². The van der Waals surface area contributed by atoms with Gasteiger partial charge in [0.05, 0.1) is 4.92 Å². The summed E-state index contributed by atoms with van der Waals surface area (Å²) in [6, 6.07) is 4.97. The molecule has 1 N–H and O–H groups in total. The number of piperidine rings is 1. The van der Waals surface area contributed by atoms with E-state index in [1.165, 1.54) is 25.3 Å². The molecule has 1 heterocycles. The van der Waals surface area contributed by atoms with Crippen LogP contribution in [0.25, 0.3) is 0 Å². The Morgan fingerprint density at radius 1 is 1.32 bits per heavy atom. The van der Waals surface area contributed by atoms with E-state index < -0.39 is 0 Å². The molecular formula is C13H18BrN3O2. The standard InChI is InChI=1S/C13H18BrN3O2/c14-11-4-5-13(17(18)19)12(10-11)15-6-9-16-7-2-1-3-8-16/h4-5,10,15H,1-3,6-9H2. The second kappa shape index (κ2) is 6.86. The fourth-order valence-electron chi connectivity index (χ4n) is 2.34. The minimum absolute atomic E-state index is 0.127. The van der Waals surface area contributed by atoms with Gasteiger partial charge >= 0.3 is 0 Å². The molecule has 1 aromatic rings. The predicted octanol–water partition coefficient (Wildman–Crippen LogP) is 3.26. The van der Waals surface area contributed by atoms with Crippen molar-refractivity contribution in [2.24, 2.45) is 0 Å². The van der Waals surface area contributed by atoms with Gasteiger partial charge in [0.15, 0.2) is 0 Å². The van der Waals surface area contributed by atoms with Gasteiger partial charge < -0.3 is 10.2 Å². The summed E-state index contributed by atoms with van der Waals surface area (Å²) in [5, 5.41) is 14.1. The smallest absolute Gasteiger partial charge is 0.292 e. The van der Waals surface area contributed by atoms with Crippen molar-refractivity contribution in [1.82, 2.24) is 4.90 Å². The number of benzene rings is 1. The summed E-state index contributed by atoms with van der Waals surface area (Å²) < 4.78 is 0.846. The van der Waals surface area contributed by atoms with E-state index in [0.29, 0.717) is 5.69 Å². The number of anilines is 1. The molecule has 1 aliphatic rings. The van der Waals surface area contributed by atoms with Crippen molar-refractivity contribution in [2.45, 2.75) is 19.3 Å². The average molecular weight is 328 g/mol. The molecular weight excluding hydrogens is 310 g/mol. The maximum absolute atomic E-state index is 10.9. The summed E-state index contributed by atoms with van der Waals surface area (Å²) in [5.41, 5.74) is 0.707. The first-order valence-corrected chi connectivity index (χ1v) is 7.36. The Hall–Kier alpha value is -1.14. The van der Waals surface area contributed by atoms with Crippen molar-refractivity contribution in [1.29, 1.82) is 0 Å². The minimum atomic E-state index is -0.352. The topological polar surface area (TPSA) is 58.4 Å². The van der Waals surface area contributed by atoms with E-state index in [-0.39, 0.29) is 10.6 Å². The minimum Gasteiger partial charge on any atom is -0.378 e. The van der Waals surface area contributed by atoms with Crippen LogP contribution in [-0.4, -0.2) is 36.0 Å². The molecule has 1 aromatic carbocycles. The molecule has 0 radical (unpaired) electrons. The van der Waals surface area contributed by atoms with Gasteiger partial charge in [0.1, 0.15) is 5.69 Å². The molecule has 0 unspecified atom stereocenters. The Morgan fingerprint density at radius 3 is 2.74 bits per heavy atom. The van der Waals surface area contributed by atoms with Gasteiger partial charge in [-0.25, -0.2) is 0 Å². The first-order chi connectivity index (χ1) is 9.16. The first kappa shape index (κ1) is 14.3. The highest BCUT2D eigenvalue weighted by Gasteiger charge is 2.14. The molecule has 104 valence electrons. The van der Waals surface area contributed by atoms with Crippen LogP contribution < -0.4 is 5.32 Å². The molecule has 1 aliphatic heterocycles. The summed E-state index contributed by atoms with van der Waals surface area (Å²) >= 11 is 3.34. The van der Waals surface area contributed by atoms with E-state index in [1.54, 1.807) is 12.1 Å². The maximum atomic E-state index is 10.9. The van der Waals surface area contributed by atoms with Gasteiger partial charge in [-0.05, 0) is 38.1 Å². The zero-order valence-corrected chi connectivity index (χ0v) is 12.4. The molecule has 2 rings (SSSR count). The number of nitro benzene ring substituents is 1. The van der Waals surface area contributed by atoms with Crippen LogP contribution in [-0.2, 0) is 0 Å². The third kappa shape index (κ3) is 4.18. The number of hydrogen-bond donors (Lipinski definition) is 1. The summed E-state index contributed by atoms with van der Waals surface area (Å²) in [5.74, 6) is 0. The van der Waals surface area contributed by atoms with Crippen molar-refractivity contribution >= 4 is 27.3 Å². The van der Waals surface area contributed by atoms with Gasteiger partial charge in [-0.3, -0.25) is 10.1 Å². The first-order valence-electron chi connectivity index (χ1n) is 6.57. The Balaban J connectivity index is 1.91. The number of rotatable bonds is 5. The van der Waals surface area contributed by atoms with Crippen LogP contribution in [0.5, 0.6) is 0 Å². The molecule has 0 saturated carbocycles. The summed E-state index contributed by atoms with van der Waals surface area (Å²) in [4.78, 5) is 13.0. The van der Waals surface area contributed by atoms with Crippen LogP contribution in [0.4, 0.5) is 11.4 Å². The van der Waals surface area contributed by atoms with Crippen molar-refractivity contribution in [2.75, 3.05) is 31.5 Å². The number of nitrogens with one attached hydrogen (secondary N) is 1. The third-order valence-corrected chi connectivity index (χ3v) is 3.84. The lowest BCUT2D eigenvalue weighted by atomic mass is 10.1. The molecule has 0 aromatic heterocycles. The van der Waals surface area contributed by atoms with E-state index in [4.69, 9.17) is 0 Å². The van der Waals surface area contributed by atoms with Gasteiger partial charge in [0, 0.05) is 23.6 Å². The SMILES string of the molecule is O=[N+]([O-])c1ccc(Br)cc1NCCN1CCCCC1. The van der Waals surface area contributed by atoms with Gasteiger partial charge in [-0.2, -0.15) is 0 Å². The molecule has 6 heteroatoms. The molecule has 0 spiro atoms. The molecule has 0 aliphatic carbocycles. The number of likely N-dealkylation sites (tertiary alicyclic amines) is 1. The van der Waals surface area contributed by atoms with Gasteiger partial charge in [0.2, 0.25) is 0 Å². The average Bonchev–Trinajstić information content (AvgIpc) is 2.39. The van der Waals surface area contributed by atoms with Gasteiger partial charge in [-0.1, -0.05) is 22.4 Å². The van der Waals surface area contributed by atoms with E-state index >= 15 is 0 Å². The van der Waals surface area contributed by atoms with Crippen LogP contribution >= 0.6 is 15.9 Å². The van der Waals surface area contributed by atoms with E-state index in [1.807, 2.05) is 0 Å². The fraction of sp³-hybridized carbons (Fsp3) is 0.538. The molecule has 0 amide bonds. The Morgan fingerprint density at radius 2 is 2.05 bits per heavy atom. The van der Waals surface area contributed by atoms with Crippen LogP contribution in [0, 0.1) is 10.1 Å². The highest BCUT2D eigenvalue weighted by Crippen LogP contribution is 2.27. The number of nitro groups is 1. The molecule has 1 fully saturated rings. The summed E-state index contributed by atoms with van der Waals surface area (Å²) in [6.45, 7) is 3.95. The highest BCUT2D eigenvalue weighted by molar-refractivity contribution is 9.10. The van der Waals surface area contributed by atoms with Crippen LogP contribution in [0.1, 0.15) is 19.3 Å². The Kier molecular flexibility index (Phi) is 5.15. The molecule has 19 heavy (non-hydrogen) atoms. The lowest BCUT2D eigenvalue weighted by Gasteiger charge is -2.26. The number of hydrogen-bond acceptors (Lipinski definition) is 4. The second-order valence-electron chi connectivity index (χ2n) is 4.75. The van der Waals surface area contributed by atoms with Gasteiger partial charge in [-0.15, -0.1) is 0 Å². The summed E-state index contributed by atoms with van der Waals surface area (Å²) in [7, 11) is 0. The monoisotopic (exact) mass is 327 g/mol.